The first-order valence-corrected chi connectivity index (χ1v) is 7.77. The Morgan fingerprint density at radius 1 is 1.22 bits per heavy atom. The molecule has 2 heteroatoms. The lowest BCUT2D eigenvalue weighted by Crippen LogP contribution is -2.38. The van der Waals surface area contributed by atoms with Gasteiger partial charge in [-0.1, -0.05) is 26.7 Å². The van der Waals surface area contributed by atoms with E-state index in [9.17, 15) is 0 Å². The van der Waals surface area contributed by atoms with Crippen molar-refractivity contribution in [3.05, 3.63) is 29.6 Å². The van der Waals surface area contributed by atoms with Gasteiger partial charge in [-0.05, 0) is 53.3 Å². The standard InChI is InChI=1S/C16H21NS/c1-16(2)9-4-3-5-15(16)17-13-6-7-14-12(11-13)8-10-18-14/h6-8,10-11,15,17H,3-5,9H2,1-2H3. The van der Waals surface area contributed by atoms with Gasteiger partial charge >= 0.3 is 0 Å². The van der Waals surface area contributed by atoms with Gasteiger partial charge in [0, 0.05) is 16.4 Å². The fourth-order valence-electron chi connectivity index (χ4n) is 3.02. The van der Waals surface area contributed by atoms with Crippen LogP contribution in [0.25, 0.3) is 10.1 Å². The van der Waals surface area contributed by atoms with Gasteiger partial charge in [0.05, 0.1) is 0 Å². The molecule has 0 spiro atoms. The number of nitrogens with one attached hydrogen (secondary N) is 1. The lowest BCUT2D eigenvalue weighted by Gasteiger charge is -2.39. The molecule has 0 aliphatic heterocycles. The Kier molecular flexibility index (Phi) is 3.06. The molecule has 18 heavy (non-hydrogen) atoms. The molecular formula is C16H21NS. The van der Waals surface area contributed by atoms with Crippen LogP contribution in [0.15, 0.2) is 29.6 Å². The smallest absolute Gasteiger partial charge is 0.0349 e. The summed E-state index contributed by atoms with van der Waals surface area (Å²) in [6.07, 6.45) is 5.39. The van der Waals surface area contributed by atoms with E-state index in [0.29, 0.717) is 11.5 Å². The summed E-state index contributed by atoms with van der Waals surface area (Å²) in [7, 11) is 0. The van der Waals surface area contributed by atoms with Crippen LogP contribution in [0.4, 0.5) is 5.69 Å². The van der Waals surface area contributed by atoms with Crippen LogP contribution in [0.1, 0.15) is 39.5 Å². The predicted molar refractivity (Wildman–Crippen MR) is 81.5 cm³/mol. The van der Waals surface area contributed by atoms with Crippen LogP contribution in [0.2, 0.25) is 0 Å². The van der Waals surface area contributed by atoms with E-state index in [-0.39, 0.29) is 0 Å². The van der Waals surface area contributed by atoms with Crippen molar-refractivity contribution in [3.8, 4) is 0 Å². The molecule has 0 bridgehead atoms. The van der Waals surface area contributed by atoms with E-state index < -0.39 is 0 Å². The van der Waals surface area contributed by atoms with E-state index in [4.69, 9.17) is 0 Å². The molecule has 1 aromatic carbocycles. The second-order valence-corrected chi connectivity index (χ2v) is 7.05. The normalized spacial score (nSPS) is 23.1. The van der Waals surface area contributed by atoms with Crippen molar-refractivity contribution in [1.82, 2.24) is 0 Å². The third kappa shape index (κ3) is 2.26. The Hall–Kier alpha value is -1.02. The van der Waals surface area contributed by atoms with Crippen LogP contribution < -0.4 is 5.32 Å². The Balaban J connectivity index is 1.82. The Bertz CT molecular complexity index is 541. The molecule has 1 atom stereocenters. The molecule has 1 N–H and O–H groups in total. The minimum absolute atomic E-state index is 0.419. The monoisotopic (exact) mass is 259 g/mol. The first kappa shape index (κ1) is 12.0. The van der Waals surface area contributed by atoms with Crippen LogP contribution in [0, 0.1) is 5.41 Å². The zero-order valence-corrected chi connectivity index (χ0v) is 12.0. The molecule has 1 heterocycles. The van der Waals surface area contributed by atoms with E-state index in [1.54, 1.807) is 0 Å². The molecule has 1 fully saturated rings. The maximum Gasteiger partial charge on any atom is 0.0349 e. The average molecular weight is 259 g/mol. The minimum Gasteiger partial charge on any atom is -0.382 e. The van der Waals surface area contributed by atoms with Crippen LogP contribution in [0.5, 0.6) is 0 Å². The van der Waals surface area contributed by atoms with Gasteiger partial charge in [0.1, 0.15) is 0 Å². The van der Waals surface area contributed by atoms with Crippen molar-refractivity contribution in [2.24, 2.45) is 5.41 Å². The average Bonchev–Trinajstić information content (AvgIpc) is 2.79. The van der Waals surface area contributed by atoms with Gasteiger partial charge in [-0.3, -0.25) is 0 Å². The number of fused-ring (bicyclic) bond motifs is 1. The fraction of sp³-hybridized carbons (Fsp3) is 0.500. The molecule has 1 aliphatic carbocycles. The molecule has 1 unspecified atom stereocenters. The van der Waals surface area contributed by atoms with Crippen LogP contribution in [-0.2, 0) is 0 Å². The topological polar surface area (TPSA) is 12.0 Å². The minimum atomic E-state index is 0.419. The van der Waals surface area contributed by atoms with Gasteiger partial charge in [-0.2, -0.15) is 0 Å². The molecule has 2 aromatic rings. The van der Waals surface area contributed by atoms with Crippen molar-refractivity contribution >= 4 is 27.1 Å². The molecule has 96 valence electrons. The SMILES string of the molecule is CC1(C)CCCCC1Nc1ccc2sccc2c1. The summed E-state index contributed by atoms with van der Waals surface area (Å²) < 4.78 is 1.38. The van der Waals surface area contributed by atoms with E-state index >= 15 is 0 Å². The Morgan fingerprint density at radius 3 is 2.94 bits per heavy atom. The maximum atomic E-state index is 3.76. The quantitative estimate of drug-likeness (QED) is 0.773. The van der Waals surface area contributed by atoms with Crippen molar-refractivity contribution in [3.63, 3.8) is 0 Å². The van der Waals surface area contributed by atoms with Gasteiger partial charge in [0.2, 0.25) is 0 Å². The highest BCUT2D eigenvalue weighted by atomic mass is 32.1. The number of thiophene rings is 1. The summed E-state index contributed by atoms with van der Waals surface area (Å²) >= 11 is 1.81. The summed E-state index contributed by atoms with van der Waals surface area (Å²) in [4.78, 5) is 0. The van der Waals surface area contributed by atoms with E-state index in [2.05, 4.69) is 48.8 Å². The van der Waals surface area contributed by atoms with E-state index in [0.717, 1.165) is 0 Å². The summed E-state index contributed by atoms with van der Waals surface area (Å²) in [5, 5.41) is 7.28. The van der Waals surface area contributed by atoms with Crippen molar-refractivity contribution in [1.29, 1.82) is 0 Å². The summed E-state index contributed by atoms with van der Waals surface area (Å²) in [6.45, 7) is 4.79. The summed E-state index contributed by atoms with van der Waals surface area (Å²) in [5.74, 6) is 0. The molecule has 1 saturated carbocycles. The Labute approximate surface area is 113 Å². The lowest BCUT2D eigenvalue weighted by atomic mass is 9.73. The first-order valence-electron chi connectivity index (χ1n) is 6.89. The number of hydrogen-bond donors (Lipinski definition) is 1. The van der Waals surface area contributed by atoms with Gasteiger partial charge in [-0.25, -0.2) is 0 Å². The molecule has 0 radical (unpaired) electrons. The molecular weight excluding hydrogens is 238 g/mol. The first-order chi connectivity index (χ1) is 8.65. The van der Waals surface area contributed by atoms with Gasteiger partial charge in [-0.15, -0.1) is 11.3 Å². The summed E-state index contributed by atoms with van der Waals surface area (Å²) in [5.41, 5.74) is 1.70. The highest BCUT2D eigenvalue weighted by Crippen LogP contribution is 2.37. The molecule has 1 nitrogen and oxygen atoms in total. The third-order valence-corrected chi connectivity index (χ3v) is 5.20. The largest absolute Gasteiger partial charge is 0.382 e. The maximum absolute atomic E-state index is 3.76. The molecule has 1 aliphatic rings. The highest BCUT2D eigenvalue weighted by Gasteiger charge is 2.31. The van der Waals surface area contributed by atoms with E-state index in [1.807, 2.05) is 11.3 Å². The number of rotatable bonds is 2. The zero-order valence-electron chi connectivity index (χ0n) is 11.2. The van der Waals surface area contributed by atoms with Crippen LogP contribution in [0.3, 0.4) is 0 Å². The summed E-state index contributed by atoms with van der Waals surface area (Å²) in [6, 6.07) is 9.57. The highest BCUT2D eigenvalue weighted by molar-refractivity contribution is 7.17. The van der Waals surface area contributed by atoms with Crippen LogP contribution >= 0.6 is 11.3 Å². The van der Waals surface area contributed by atoms with Crippen molar-refractivity contribution < 1.29 is 0 Å². The van der Waals surface area contributed by atoms with Gasteiger partial charge in [0.15, 0.2) is 0 Å². The number of anilines is 1. The van der Waals surface area contributed by atoms with Crippen molar-refractivity contribution in [2.75, 3.05) is 5.32 Å². The zero-order chi connectivity index (χ0) is 12.6. The van der Waals surface area contributed by atoms with Gasteiger partial charge < -0.3 is 5.32 Å². The predicted octanol–water partition coefficient (Wildman–Crippen LogP) is 5.28. The fourth-order valence-corrected chi connectivity index (χ4v) is 3.79. The van der Waals surface area contributed by atoms with E-state index in [1.165, 1.54) is 41.5 Å². The third-order valence-electron chi connectivity index (χ3n) is 4.30. The number of hydrogen-bond acceptors (Lipinski definition) is 2. The second-order valence-electron chi connectivity index (χ2n) is 6.10. The lowest BCUT2D eigenvalue weighted by molar-refractivity contribution is 0.217. The number of benzene rings is 1. The van der Waals surface area contributed by atoms with Crippen LogP contribution in [-0.4, -0.2) is 6.04 Å². The molecule has 0 amide bonds. The Morgan fingerprint density at radius 2 is 2.11 bits per heavy atom. The molecule has 1 aromatic heterocycles. The van der Waals surface area contributed by atoms with Crippen molar-refractivity contribution in [2.45, 2.75) is 45.6 Å². The second kappa shape index (κ2) is 4.58. The molecule has 3 rings (SSSR count). The van der Waals surface area contributed by atoms with Gasteiger partial charge in [0.25, 0.3) is 0 Å². The molecule has 0 saturated heterocycles.